The molecule has 0 saturated carbocycles. The maximum atomic E-state index is 13.8. The SMILES string of the molecule is CC1NC(=O)C2(Cc3ccccc3C2)NC(=O)C(CCCCCSSc2ccccn2)NC(=O)C2CCCN2C1=O. The third-order valence-electron chi connectivity index (χ3n) is 8.09. The van der Waals surface area contributed by atoms with Gasteiger partial charge in [0.2, 0.25) is 23.6 Å². The molecule has 2 aliphatic heterocycles. The van der Waals surface area contributed by atoms with Crippen molar-refractivity contribution in [1.29, 1.82) is 0 Å². The van der Waals surface area contributed by atoms with Crippen LogP contribution in [0.1, 0.15) is 56.6 Å². The standard InChI is InChI=1S/C30H37N5O4S2/c1-20-28(38)35-16-9-13-24(35)27(37)33-23(12-3-2-8-17-40-41-25-14-6-7-15-31-25)26(36)34-30(29(39)32-20)18-21-10-4-5-11-22(21)19-30/h4-7,10-11,14-15,20,23-24H,2-3,8-9,12-13,16-19H2,1H3,(H,32,39)(H,33,37)(H,34,36). The van der Waals surface area contributed by atoms with E-state index in [0.717, 1.165) is 41.2 Å². The van der Waals surface area contributed by atoms with Gasteiger partial charge in [-0.1, -0.05) is 54.0 Å². The summed E-state index contributed by atoms with van der Waals surface area (Å²) in [5.74, 6) is -0.354. The fourth-order valence-electron chi connectivity index (χ4n) is 5.91. The van der Waals surface area contributed by atoms with Crippen molar-refractivity contribution in [3.8, 4) is 0 Å². The number of benzene rings is 1. The van der Waals surface area contributed by atoms with Crippen LogP contribution in [0.3, 0.4) is 0 Å². The van der Waals surface area contributed by atoms with Gasteiger partial charge in [0.15, 0.2) is 0 Å². The summed E-state index contributed by atoms with van der Waals surface area (Å²) in [5, 5.41) is 9.86. The van der Waals surface area contributed by atoms with E-state index in [0.29, 0.717) is 38.6 Å². The molecule has 3 unspecified atom stereocenters. The summed E-state index contributed by atoms with van der Waals surface area (Å²) >= 11 is 0. The number of hydrogen-bond acceptors (Lipinski definition) is 7. The van der Waals surface area contributed by atoms with Crippen LogP contribution in [0.4, 0.5) is 0 Å². The van der Waals surface area contributed by atoms with Crippen molar-refractivity contribution in [2.75, 3.05) is 12.3 Å². The van der Waals surface area contributed by atoms with E-state index < -0.39 is 23.7 Å². The zero-order chi connectivity index (χ0) is 28.8. The monoisotopic (exact) mass is 595 g/mol. The number of unbranched alkanes of at least 4 members (excludes halogenated alkanes) is 2. The number of fused-ring (bicyclic) bond motifs is 2. The summed E-state index contributed by atoms with van der Waals surface area (Å²) in [5.41, 5.74) is 0.770. The molecule has 1 spiro atoms. The molecule has 218 valence electrons. The van der Waals surface area contributed by atoms with Gasteiger partial charge in [-0.25, -0.2) is 4.98 Å². The molecule has 2 fully saturated rings. The van der Waals surface area contributed by atoms with Crippen molar-refractivity contribution < 1.29 is 19.2 Å². The molecule has 41 heavy (non-hydrogen) atoms. The molecule has 1 aliphatic carbocycles. The van der Waals surface area contributed by atoms with Crippen molar-refractivity contribution in [2.45, 2.75) is 87.0 Å². The Labute approximate surface area is 248 Å². The van der Waals surface area contributed by atoms with Gasteiger partial charge in [0.05, 0.1) is 0 Å². The first-order valence-electron chi connectivity index (χ1n) is 14.4. The Balaban J connectivity index is 1.27. The third kappa shape index (κ3) is 6.89. The number of amides is 4. The van der Waals surface area contributed by atoms with Crippen LogP contribution in [0.5, 0.6) is 0 Å². The highest BCUT2D eigenvalue weighted by atomic mass is 33.1. The molecule has 3 aliphatic rings. The minimum Gasteiger partial charge on any atom is -0.343 e. The maximum Gasteiger partial charge on any atom is 0.247 e. The molecule has 1 aromatic carbocycles. The van der Waals surface area contributed by atoms with E-state index in [9.17, 15) is 19.2 Å². The van der Waals surface area contributed by atoms with E-state index in [1.54, 1.807) is 39.6 Å². The topological polar surface area (TPSA) is 120 Å². The van der Waals surface area contributed by atoms with Crippen LogP contribution in [0, 0.1) is 0 Å². The molecule has 11 heteroatoms. The first kappa shape index (κ1) is 29.4. The molecular weight excluding hydrogens is 558 g/mol. The van der Waals surface area contributed by atoms with Crippen LogP contribution in [0.15, 0.2) is 53.7 Å². The Hall–Kier alpha value is -3.05. The lowest BCUT2D eigenvalue weighted by atomic mass is 9.92. The number of pyridine rings is 1. The van der Waals surface area contributed by atoms with Gasteiger partial charge in [-0.05, 0) is 66.7 Å². The minimum absolute atomic E-state index is 0.272. The van der Waals surface area contributed by atoms with Crippen molar-refractivity contribution in [2.24, 2.45) is 0 Å². The number of nitrogens with zero attached hydrogens (tertiary/aromatic N) is 2. The number of aromatic nitrogens is 1. The van der Waals surface area contributed by atoms with E-state index in [4.69, 9.17) is 0 Å². The second kappa shape index (κ2) is 13.3. The molecule has 9 nitrogen and oxygen atoms in total. The Kier molecular flexibility index (Phi) is 9.54. The normalized spacial score (nSPS) is 24.1. The first-order chi connectivity index (χ1) is 19.9. The smallest absolute Gasteiger partial charge is 0.247 e. The van der Waals surface area contributed by atoms with Crippen molar-refractivity contribution in [3.63, 3.8) is 0 Å². The van der Waals surface area contributed by atoms with E-state index in [1.807, 2.05) is 42.5 Å². The lowest BCUT2D eigenvalue weighted by Crippen LogP contribution is -2.66. The lowest BCUT2D eigenvalue weighted by molar-refractivity contribution is -0.144. The molecule has 1 aromatic heterocycles. The minimum atomic E-state index is -1.22. The molecular formula is C30H37N5O4S2. The van der Waals surface area contributed by atoms with E-state index in [-0.39, 0.29) is 23.6 Å². The van der Waals surface area contributed by atoms with Gasteiger partial charge in [-0.3, -0.25) is 19.2 Å². The van der Waals surface area contributed by atoms with Gasteiger partial charge in [0.25, 0.3) is 0 Å². The summed E-state index contributed by atoms with van der Waals surface area (Å²) in [7, 11) is 3.40. The molecule has 3 N–H and O–H groups in total. The van der Waals surface area contributed by atoms with Crippen LogP contribution in [-0.4, -0.2) is 69.5 Å². The van der Waals surface area contributed by atoms with Gasteiger partial charge >= 0.3 is 0 Å². The Morgan fingerprint density at radius 3 is 2.44 bits per heavy atom. The highest BCUT2D eigenvalue weighted by Crippen LogP contribution is 2.32. The zero-order valence-corrected chi connectivity index (χ0v) is 24.9. The molecule has 5 rings (SSSR count). The van der Waals surface area contributed by atoms with Crippen molar-refractivity contribution in [3.05, 3.63) is 59.8 Å². The lowest BCUT2D eigenvalue weighted by Gasteiger charge is -2.35. The largest absolute Gasteiger partial charge is 0.343 e. The molecule has 3 heterocycles. The van der Waals surface area contributed by atoms with E-state index in [2.05, 4.69) is 20.9 Å². The summed E-state index contributed by atoms with van der Waals surface area (Å²) in [6.45, 7) is 2.10. The predicted octanol–water partition coefficient (Wildman–Crippen LogP) is 3.03. The Bertz CT molecular complexity index is 1250. The molecule has 2 aromatic rings. The molecule has 3 atom stereocenters. The quantitative estimate of drug-likeness (QED) is 0.317. The Morgan fingerprint density at radius 2 is 1.71 bits per heavy atom. The fourth-order valence-corrected chi connectivity index (χ4v) is 7.94. The second-order valence-electron chi connectivity index (χ2n) is 11.1. The zero-order valence-electron chi connectivity index (χ0n) is 23.3. The third-order valence-corrected chi connectivity index (χ3v) is 10.4. The molecule has 2 saturated heterocycles. The molecule has 4 amide bonds. The Morgan fingerprint density at radius 1 is 0.951 bits per heavy atom. The summed E-state index contributed by atoms with van der Waals surface area (Å²) in [4.78, 5) is 60.2. The molecule has 0 bridgehead atoms. The summed E-state index contributed by atoms with van der Waals surface area (Å²) < 4.78 is 0. The number of carbonyl (C=O) groups excluding carboxylic acids is 4. The van der Waals surface area contributed by atoms with Crippen LogP contribution < -0.4 is 16.0 Å². The van der Waals surface area contributed by atoms with Crippen molar-refractivity contribution in [1.82, 2.24) is 25.8 Å². The fraction of sp³-hybridized carbons (Fsp3) is 0.500. The van der Waals surface area contributed by atoms with Crippen LogP contribution in [0.2, 0.25) is 0 Å². The van der Waals surface area contributed by atoms with Crippen LogP contribution in [0.25, 0.3) is 0 Å². The van der Waals surface area contributed by atoms with Crippen LogP contribution in [-0.2, 0) is 32.0 Å². The van der Waals surface area contributed by atoms with Crippen LogP contribution >= 0.6 is 21.6 Å². The van der Waals surface area contributed by atoms with Gasteiger partial charge in [-0.15, -0.1) is 0 Å². The number of carbonyl (C=O) groups is 4. The average Bonchev–Trinajstić information content (AvgIpc) is 3.61. The average molecular weight is 596 g/mol. The van der Waals surface area contributed by atoms with Gasteiger partial charge in [-0.2, -0.15) is 0 Å². The first-order valence-corrected chi connectivity index (χ1v) is 16.7. The van der Waals surface area contributed by atoms with Gasteiger partial charge in [0, 0.05) is 31.3 Å². The maximum absolute atomic E-state index is 13.8. The predicted molar refractivity (Wildman–Crippen MR) is 160 cm³/mol. The highest BCUT2D eigenvalue weighted by Gasteiger charge is 2.48. The van der Waals surface area contributed by atoms with E-state index >= 15 is 0 Å². The summed E-state index contributed by atoms with van der Waals surface area (Å²) in [6, 6.07) is 11.4. The highest BCUT2D eigenvalue weighted by molar-refractivity contribution is 8.76. The second-order valence-corrected chi connectivity index (χ2v) is 13.5. The van der Waals surface area contributed by atoms with E-state index in [1.165, 1.54) is 0 Å². The van der Waals surface area contributed by atoms with Gasteiger partial charge < -0.3 is 20.9 Å². The number of nitrogens with one attached hydrogen (secondary N) is 3. The van der Waals surface area contributed by atoms with Crippen molar-refractivity contribution >= 4 is 45.2 Å². The molecule has 0 radical (unpaired) electrons. The number of rotatable bonds is 8. The van der Waals surface area contributed by atoms with Gasteiger partial charge in [0.1, 0.15) is 28.7 Å². The summed E-state index contributed by atoms with van der Waals surface area (Å²) in [6.07, 6.45) is 6.76. The number of hydrogen-bond donors (Lipinski definition) is 3.